The summed E-state index contributed by atoms with van der Waals surface area (Å²) in [6.45, 7) is 3.34. The van der Waals surface area contributed by atoms with Crippen molar-refractivity contribution in [1.82, 2.24) is 0 Å². The van der Waals surface area contributed by atoms with Crippen LogP contribution in [0.5, 0.6) is 0 Å². The van der Waals surface area contributed by atoms with Gasteiger partial charge >= 0.3 is 11.9 Å². The fraction of sp³-hybridized carbons (Fsp3) is 0.636. The molecule has 0 aliphatic heterocycles. The highest BCUT2D eigenvalue weighted by molar-refractivity contribution is 5.93. The highest BCUT2D eigenvalue weighted by Gasteiger charge is 2.29. The van der Waals surface area contributed by atoms with E-state index in [0.29, 0.717) is 12.3 Å². The maximum Gasteiger partial charge on any atom is 0.331 e. The van der Waals surface area contributed by atoms with Gasteiger partial charge in [0.2, 0.25) is 0 Å². The van der Waals surface area contributed by atoms with Gasteiger partial charge in [0.1, 0.15) is 0 Å². The number of hydrogen-bond donors (Lipinski definition) is 2. The molecule has 84 valence electrons. The Hall–Kier alpha value is -1.32. The summed E-state index contributed by atoms with van der Waals surface area (Å²) in [5.41, 5.74) is -0.200. The standard InChI is InChI=1S/C11H16O4/c1-7(10(12)13)9(11(14)15)6-8-4-2-3-5-8/h8-9H,1-6H2,(H,12,13)(H,14,15)/t9-/m1/s1. The molecule has 0 unspecified atom stereocenters. The molecule has 0 radical (unpaired) electrons. The molecule has 4 nitrogen and oxygen atoms in total. The molecule has 0 aromatic carbocycles. The summed E-state index contributed by atoms with van der Waals surface area (Å²) < 4.78 is 0. The number of carbonyl (C=O) groups is 2. The van der Waals surface area contributed by atoms with Gasteiger partial charge in [0.05, 0.1) is 5.92 Å². The first kappa shape index (κ1) is 11.8. The number of carboxylic acids is 2. The Balaban J connectivity index is 2.61. The van der Waals surface area contributed by atoms with Crippen molar-refractivity contribution >= 4 is 11.9 Å². The highest BCUT2D eigenvalue weighted by Crippen LogP contribution is 2.32. The van der Waals surface area contributed by atoms with Crippen molar-refractivity contribution < 1.29 is 19.8 Å². The van der Waals surface area contributed by atoms with Crippen molar-refractivity contribution in [2.24, 2.45) is 11.8 Å². The zero-order valence-electron chi connectivity index (χ0n) is 8.61. The van der Waals surface area contributed by atoms with Crippen molar-refractivity contribution in [3.63, 3.8) is 0 Å². The molecule has 1 aliphatic rings. The van der Waals surface area contributed by atoms with E-state index in [1.807, 2.05) is 0 Å². The van der Waals surface area contributed by atoms with E-state index < -0.39 is 17.9 Å². The van der Waals surface area contributed by atoms with Crippen LogP contribution in [0.4, 0.5) is 0 Å². The van der Waals surface area contributed by atoms with Crippen molar-refractivity contribution in [1.29, 1.82) is 0 Å². The van der Waals surface area contributed by atoms with E-state index in [2.05, 4.69) is 6.58 Å². The molecule has 0 aromatic rings. The molecule has 1 rings (SSSR count). The predicted molar refractivity (Wildman–Crippen MR) is 54.5 cm³/mol. The van der Waals surface area contributed by atoms with Crippen LogP contribution in [0.2, 0.25) is 0 Å². The second kappa shape index (κ2) is 4.96. The van der Waals surface area contributed by atoms with Gasteiger partial charge in [0.15, 0.2) is 0 Å². The van der Waals surface area contributed by atoms with Crippen LogP contribution in [-0.2, 0) is 9.59 Å². The Labute approximate surface area is 88.6 Å². The zero-order chi connectivity index (χ0) is 11.4. The third-order valence-electron chi connectivity index (χ3n) is 3.04. The molecule has 1 saturated carbocycles. The monoisotopic (exact) mass is 212 g/mol. The smallest absolute Gasteiger partial charge is 0.331 e. The first-order valence-electron chi connectivity index (χ1n) is 5.17. The van der Waals surface area contributed by atoms with Crippen molar-refractivity contribution in [3.8, 4) is 0 Å². The van der Waals surface area contributed by atoms with Crippen LogP contribution in [0.25, 0.3) is 0 Å². The van der Waals surface area contributed by atoms with Gasteiger partial charge in [-0.2, -0.15) is 0 Å². The van der Waals surface area contributed by atoms with Gasteiger partial charge in [-0.3, -0.25) is 4.79 Å². The van der Waals surface area contributed by atoms with Crippen LogP contribution in [0.15, 0.2) is 12.2 Å². The summed E-state index contributed by atoms with van der Waals surface area (Å²) in [5.74, 6) is -2.86. The molecular formula is C11H16O4. The molecule has 0 heterocycles. The molecule has 4 heteroatoms. The van der Waals surface area contributed by atoms with Gasteiger partial charge in [-0.05, 0) is 12.3 Å². The van der Waals surface area contributed by atoms with Crippen molar-refractivity contribution in [2.45, 2.75) is 32.1 Å². The third-order valence-corrected chi connectivity index (χ3v) is 3.04. The predicted octanol–water partition coefficient (Wildman–Crippen LogP) is 1.91. The maximum atomic E-state index is 10.9. The van der Waals surface area contributed by atoms with Crippen LogP contribution in [-0.4, -0.2) is 22.2 Å². The van der Waals surface area contributed by atoms with E-state index in [0.717, 1.165) is 25.7 Å². The lowest BCUT2D eigenvalue weighted by Crippen LogP contribution is -2.22. The molecule has 0 saturated heterocycles. The number of rotatable bonds is 5. The molecule has 15 heavy (non-hydrogen) atoms. The first-order valence-corrected chi connectivity index (χ1v) is 5.17. The number of aliphatic carboxylic acids is 2. The van der Waals surface area contributed by atoms with Crippen LogP contribution in [0.3, 0.4) is 0 Å². The van der Waals surface area contributed by atoms with Gasteiger partial charge in [-0.1, -0.05) is 32.3 Å². The second-order valence-electron chi connectivity index (χ2n) is 4.11. The van der Waals surface area contributed by atoms with Crippen LogP contribution >= 0.6 is 0 Å². The summed E-state index contributed by atoms with van der Waals surface area (Å²) in [6.07, 6.45) is 4.68. The summed E-state index contributed by atoms with van der Waals surface area (Å²) in [7, 11) is 0. The van der Waals surface area contributed by atoms with Crippen molar-refractivity contribution in [3.05, 3.63) is 12.2 Å². The van der Waals surface area contributed by atoms with E-state index >= 15 is 0 Å². The topological polar surface area (TPSA) is 74.6 Å². The molecule has 0 aromatic heterocycles. The lowest BCUT2D eigenvalue weighted by Gasteiger charge is -2.16. The van der Waals surface area contributed by atoms with E-state index in [9.17, 15) is 9.59 Å². The molecule has 0 amide bonds. The highest BCUT2D eigenvalue weighted by atomic mass is 16.4. The largest absolute Gasteiger partial charge is 0.481 e. The first-order chi connectivity index (χ1) is 7.02. The quantitative estimate of drug-likeness (QED) is 0.682. The summed E-state index contributed by atoms with van der Waals surface area (Å²) in [5, 5.41) is 17.6. The molecule has 0 spiro atoms. The third kappa shape index (κ3) is 3.08. The molecule has 2 N–H and O–H groups in total. The van der Waals surface area contributed by atoms with Gasteiger partial charge in [-0.25, -0.2) is 4.79 Å². The van der Waals surface area contributed by atoms with Crippen LogP contribution in [0.1, 0.15) is 32.1 Å². The van der Waals surface area contributed by atoms with E-state index in [-0.39, 0.29) is 5.57 Å². The second-order valence-corrected chi connectivity index (χ2v) is 4.11. The maximum absolute atomic E-state index is 10.9. The normalized spacial score (nSPS) is 18.7. The van der Waals surface area contributed by atoms with Gasteiger partial charge in [0, 0.05) is 5.57 Å². The SMILES string of the molecule is C=C(C(=O)O)[C@@H](CC1CCCC1)C(=O)O. The van der Waals surface area contributed by atoms with E-state index in [1.165, 1.54) is 0 Å². The fourth-order valence-electron chi connectivity index (χ4n) is 2.12. The van der Waals surface area contributed by atoms with Gasteiger partial charge in [-0.15, -0.1) is 0 Å². The van der Waals surface area contributed by atoms with Crippen LogP contribution in [0, 0.1) is 11.8 Å². The lowest BCUT2D eigenvalue weighted by atomic mass is 9.88. The summed E-state index contributed by atoms with van der Waals surface area (Å²) in [4.78, 5) is 21.6. The Bertz CT molecular complexity index is 276. The molecule has 0 bridgehead atoms. The van der Waals surface area contributed by atoms with Gasteiger partial charge < -0.3 is 10.2 Å². The van der Waals surface area contributed by atoms with E-state index in [1.54, 1.807) is 0 Å². The molecule has 1 atom stereocenters. The van der Waals surface area contributed by atoms with Crippen molar-refractivity contribution in [2.75, 3.05) is 0 Å². The molecule has 1 aliphatic carbocycles. The number of hydrogen-bond acceptors (Lipinski definition) is 2. The van der Waals surface area contributed by atoms with Gasteiger partial charge in [0.25, 0.3) is 0 Å². The lowest BCUT2D eigenvalue weighted by molar-refractivity contribution is -0.144. The van der Waals surface area contributed by atoms with E-state index in [4.69, 9.17) is 10.2 Å². The average molecular weight is 212 g/mol. The average Bonchev–Trinajstić information content (AvgIpc) is 2.64. The minimum Gasteiger partial charge on any atom is -0.481 e. The molecule has 1 fully saturated rings. The Morgan fingerprint density at radius 1 is 1.27 bits per heavy atom. The summed E-state index contributed by atoms with van der Waals surface area (Å²) in [6, 6.07) is 0. The minimum atomic E-state index is -1.21. The fourth-order valence-corrected chi connectivity index (χ4v) is 2.12. The Morgan fingerprint density at radius 2 is 1.80 bits per heavy atom. The number of carboxylic acid groups (broad SMARTS) is 2. The van der Waals surface area contributed by atoms with Crippen LogP contribution < -0.4 is 0 Å². The molecular weight excluding hydrogens is 196 g/mol. The minimum absolute atomic E-state index is 0.200. The Kier molecular flexibility index (Phi) is 3.88. The summed E-state index contributed by atoms with van der Waals surface area (Å²) >= 11 is 0. The zero-order valence-corrected chi connectivity index (χ0v) is 8.61. The Morgan fingerprint density at radius 3 is 2.20 bits per heavy atom.